The monoisotopic (exact) mass is 317 g/mol. The predicted molar refractivity (Wildman–Crippen MR) is 73.4 cm³/mol. The van der Waals surface area contributed by atoms with Crippen LogP contribution in [-0.2, 0) is 18.3 Å². The van der Waals surface area contributed by atoms with Gasteiger partial charge in [0.2, 0.25) is 0 Å². The van der Waals surface area contributed by atoms with Crippen LogP contribution in [0.4, 0.5) is 0 Å². The minimum absolute atomic E-state index is 0.373. The van der Waals surface area contributed by atoms with Crippen molar-refractivity contribution < 1.29 is 9.90 Å². The Labute approximate surface area is 115 Å². The summed E-state index contributed by atoms with van der Waals surface area (Å²) in [5.41, 5.74) is 7.25. The van der Waals surface area contributed by atoms with Gasteiger partial charge in [-0.1, -0.05) is 6.42 Å². The molecule has 0 aliphatic rings. The van der Waals surface area contributed by atoms with E-state index in [1.807, 2.05) is 14.0 Å². The fourth-order valence-corrected chi connectivity index (χ4v) is 2.48. The standard InChI is InChI=1S/C12H20BrN3O2/c1-8-11(13)10(16(2)15-8)7-9(12(17)18)5-3-4-6-14/h9H,3-7,14H2,1-2H3,(H,17,18). The Kier molecular flexibility index (Phi) is 5.81. The van der Waals surface area contributed by atoms with Gasteiger partial charge in [0.05, 0.1) is 21.8 Å². The predicted octanol–water partition coefficient (Wildman–Crippen LogP) is 1.86. The van der Waals surface area contributed by atoms with Gasteiger partial charge in [-0.2, -0.15) is 5.10 Å². The van der Waals surface area contributed by atoms with Crippen molar-refractivity contribution in [2.75, 3.05) is 6.54 Å². The van der Waals surface area contributed by atoms with Gasteiger partial charge in [0.15, 0.2) is 0 Å². The first-order chi connectivity index (χ1) is 8.47. The van der Waals surface area contributed by atoms with Crippen LogP contribution in [0.2, 0.25) is 0 Å². The zero-order chi connectivity index (χ0) is 13.7. The van der Waals surface area contributed by atoms with Crippen molar-refractivity contribution in [3.05, 3.63) is 15.9 Å². The number of unbranched alkanes of at least 4 members (excludes halogenated alkanes) is 1. The van der Waals surface area contributed by atoms with E-state index >= 15 is 0 Å². The van der Waals surface area contributed by atoms with E-state index in [1.54, 1.807) is 4.68 Å². The van der Waals surface area contributed by atoms with Crippen LogP contribution >= 0.6 is 15.9 Å². The van der Waals surface area contributed by atoms with E-state index in [0.717, 1.165) is 28.7 Å². The summed E-state index contributed by atoms with van der Waals surface area (Å²) in [6.07, 6.45) is 2.87. The summed E-state index contributed by atoms with van der Waals surface area (Å²) < 4.78 is 2.66. The number of halogens is 1. The number of hydrogen-bond acceptors (Lipinski definition) is 3. The molecule has 0 aliphatic carbocycles. The molecule has 0 fully saturated rings. The highest BCUT2D eigenvalue weighted by Crippen LogP contribution is 2.24. The van der Waals surface area contributed by atoms with Gasteiger partial charge in [0, 0.05) is 13.5 Å². The first-order valence-electron chi connectivity index (χ1n) is 6.08. The summed E-state index contributed by atoms with van der Waals surface area (Å²) in [5.74, 6) is -1.12. The Bertz CT molecular complexity index is 418. The van der Waals surface area contributed by atoms with E-state index in [9.17, 15) is 9.90 Å². The maximum Gasteiger partial charge on any atom is 0.306 e. The number of rotatable bonds is 7. The summed E-state index contributed by atoms with van der Waals surface area (Å²) in [5, 5.41) is 13.5. The molecule has 1 aromatic heterocycles. The number of aliphatic carboxylic acids is 1. The largest absolute Gasteiger partial charge is 0.481 e. The molecule has 0 aromatic carbocycles. The molecule has 0 aliphatic heterocycles. The molecule has 0 amide bonds. The van der Waals surface area contributed by atoms with Crippen molar-refractivity contribution in [3.63, 3.8) is 0 Å². The van der Waals surface area contributed by atoms with Gasteiger partial charge < -0.3 is 10.8 Å². The van der Waals surface area contributed by atoms with Gasteiger partial charge in [-0.15, -0.1) is 0 Å². The summed E-state index contributed by atoms with van der Waals surface area (Å²) in [6, 6.07) is 0. The van der Waals surface area contributed by atoms with Crippen molar-refractivity contribution >= 4 is 21.9 Å². The van der Waals surface area contributed by atoms with Crippen LogP contribution in [-0.4, -0.2) is 27.4 Å². The van der Waals surface area contributed by atoms with Gasteiger partial charge in [-0.3, -0.25) is 9.48 Å². The normalized spacial score (nSPS) is 12.7. The Morgan fingerprint density at radius 3 is 2.67 bits per heavy atom. The topological polar surface area (TPSA) is 81.1 Å². The van der Waals surface area contributed by atoms with Gasteiger partial charge in [0.25, 0.3) is 0 Å². The molecular weight excluding hydrogens is 298 g/mol. The summed E-state index contributed by atoms with van der Waals surface area (Å²) in [7, 11) is 1.84. The third-order valence-electron chi connectivity index (χ3n) is 3.06. The lowest BCUT2D eigenvalue weighted by atomic mass is 9.96. The number of carboxylic acid groups (broad SMARTS) is 1. The molecule has 18 heavy (non-hydrogen) atoms. The number of carbonyl (C=O) groups is 1. The van der Waals surface area contributed by atoms with Gasteiger partial charge in [0.1, 0.15) is 0 Å². The van der Waals surface area contributed by atoms with E-state index in [1.165, 1.54) is 0 Å². The van der Waals surface area contributed by atoms with Gasteiger partial charge >= 0.3 is 5.97 Å². The van der Waals surface area contributed by atoms with Crippen LogP contribution in [0, 0.1) is 12.8 Å². The van der Waals surface area contributed by atoms with Crippen LogP contribution in [0.1, 0.15) is 30.7 Å². The second-order valence-electron chi connectivity index (χ2n) is 4.49. The van der Waals surface area contributed by atoms with Gasteiger partial charge in [-0.05, 0) is 42.2 Å². The van der Waals surface area contributed by atoms with E-state index in [2.05, 4.69) is 21.0 Å². The van der Waals surface area contributed by atoms with Crippen LogP contribution in [0.15, 0.2) is 4.47 Å². The van der Waals surface area contributed by atoms with Crippen molar-refractivity contribution in [3.8, 4) is 0 Å². The number of nitrogens with two attached hydrogens (primary N) is 1. The second kappa shape index (κ2) is 6.89. The van der Waals surface area contributed by atoms with Crippen molar-refractivity contribution in [2.24, 2.45) is 18.7 Å². The fourth-order valence-electron chi connectivity index (χ4n) is 1.98. The molecule has 1 aromatic rings. The molecule has 6 heteroatoms. The quantitative estimate of drug-likeness (QED) is 0.752. The molecule has 3 N–H and O–H groups in total. The highest BCUT2D eigenvalue weighted by molar-refractivity contribution is 9.10. The molecule has 0 spiro atoms. The van der Waals surface area contributed by atoms with Crippen LogP contribution < -0.4 is 5.73 Å². The highest BCUT2D eigenvalue weighted by Gasteiger charge is 2.21. The Morgan fingerprint density at radius 2 is 2.22 bits per heavy atom. The maximum absolute atomic E-state index is 11.3. The zero-order valence-electron chi connectivity index (χ0n) is 10.8. The Hall–Kier alpha value is -0.880. The van der Waals surface area contributed by atoms with Gasteiger partial charge in [-0.25, -0.2) is 0 Å². The first kappa shape index (κ1) is 15.2. The lowest BCUT2D eigenvalue weighted by Crippen LogP contribution is -2.18. The highest BCUT2D eigenvalue weighted by atomic mass is 79.9. The van der Waals surface area contributed by atoms with E-state index < -0.39 is 5.97 Å². The molecular formula is C12H20BrN3O2. The zero-order valence-corrected chi connectivity index (χ0v) is 12.4. The Morgan fingerprint density at radius 1 is 1.56 bits per heavy atom. The van der Waals surface area contributed by atoms with Crippen LogP contribution in [0.3, 0.4) is 0 Å². The smallest absolute Gasteiger partial charge is 0.306 e. The summed E-state index contributed by atoms with van der Waals surface area (Å²) in [6.45, 7) is 2.51. The molecule has 1 rings (SSSR count). The van der Waals surface area contributed by atoms with E-state index in [0.29, 0.717) is 19.4 Å². The summed E-state index contributed by atoms with van der Waals surface area (Å²) >= 11 is 3.46. The average molecular weight is 318 g/mol. The Balaban J connectivity index is 2.74. The van der Waals surface area contributed by atoms with Crippen molar-refractivity contribution in [1.82, 2.24) is 9.78 Å². The number of carboxylic acids is 1. The molecule has 0 saturated heterocycles. The van der Waals surface area contributed by atoms with E-state index in [4.69, 9.17) is 5.73 Å². The van der Waals surface area contributed by atoms with Crippen molar-refractivity contribution in [2.45, 2.75) is 32.6 Å². The SMILES string of the molecule is Cc1nn(C)c(CC(CCCCN)C(=O)O)c1Br. The molecule has 0 radical (unpaired) electrons. The third kappa shape index (κ3) is 3.81. The van der Waals surface area contributed by atoms with E-state index in [-0.39, 0.29) is 5.92 Å². The molecule has 1 heterocycles. The number of aryl methyl sites for hydroxylation is 2. The summed E-state index contributed by atoms with van der Waals surface area (Å²) in [4.78, 5) is 11.3. The molecule has 1 atom stereocenters. The lowest BCUT2D eigenvalue weighted by molar-refractivity contribution is -0.142. The number of hydrogen-bond donors (Lipinski definition) is 2. The van der Waals surface area contributed by atoms with Crippen LogP contribution in [0.5, 0.6) is 0 Å². The lowest BCUT2D eigenvalue weighted by Gasteiger charge is -2.12. The van der Waals surface area contributed by atoms with Crippen LogP contribution in [0.25, 0.3) is 0 Å². The molecule has 1 unspecified atom stereocenters. The van der Waals surface area contributed by atoms with Crippen molar-refractivity contribution in [1.29, 1.82) is 0 Å². The minimum Gasteiger partial charge on any atom is -0.481 e. The third-order valence-corrected chi connectivity index (χ3v) is 4.09. The number of nitrogens with zero attached hydrogens (tertiary/aromatic N) is 2. The molecule has 5 nitrogen and oxygen atoms in total. The molecule has 0 saturated carbocycles. The minimum atomic E-state index is -0.752. The second-order valence-corrected chi connectivity index (χ2v) is 5.29. The molecule has 102 valence electrons. The molecule has 0 bridgehead atoms. The fraction of sp³-hybridized carbons (Fsp3) is 0.667. The average Bonchev–Trinajstić information content (AvgIpc) is 2.54. The first-order valence-corrected chi connectivity index (χ1v) is 6.87. The maximum atomic E-state index is 11.3. The number of aromatic nitrogens is 2.